The van der Waals surface area contributed by atoms with Crippen molar-refractivity contribution >= 4 is 24.6 Å². The number of hydrogen-bond donors (Lipinski definition) is 1. The van der Waals surface area contributed by atoms with Gasteiger partial charge in [-0.1, -0.05) is 19.7 Å². The van der Waals surface area contributed by atoms with Gasteiger partial charge in [-0.15, -0.1) is 0 Å². The molecule has 0 heterocycles. The van der Waals surface area contributed by atoms with Gasteiger partial charge < -0.3 is 9.38 Å². The van der Waals surface area contributed by atoms with E-state index in [1.54, 1.807) is 6.92 Å². The van der Waals surface area contributed by atoms with Crippen LogP contribution in [0, 0.1) is 0 Å². The molecule has 0 aromatic heterocycles. The summed E-state index contributed by atoms with van der Waals surface area (Å²) in [5.74, 6) is -0.275. The first kappa shape index (κ1) is 13.6. The van der Waals surface area contributed by atoms with Gasteiger partial charge in [0.1, 0.15) is 8.24 Å². The lowest BCUT2D eigenvalue weighted by molar-refractivity contribution is -0.138. The predicted molar refractivity (Wildman–Crippen MR) is 65.8 cm³/mol. The molecule has 0 saturated carbocycles. The van der Waals surface area contributed by atoms with Crippen LogP contribution in [0.5, 0.6) is 0 Å². The van der Waals surface area contributed by atoms with E-state index in [1.165, 1.54) is 0 Å². The topological polar surface area (TPSA) is 38.3 Å². The van der Waals surface area contributed by atoms with E-state index in [4.69, 9.17) is 4.74 Å². The quantitative estimate of drug-likeness (QED) is 0.314. The molecule has 3 nitrogen and oxygen atoms in total. The van der Waals surface area contributed by atoms with E-state index in [-0.39, 0.29) is 5.97 Å². The average molecular weight is 231 g/mol. The van der Waals surface area contributed by atoms with Crippen LogP contribution in [0.15, 0.2) is 12.2 Å². The average Bonchev–Trinajstić information content (AvgIpc) is 2.12. The van der Waals surface area contributed by atoms with Crippen LogP contribution in [-0.2, 0) is 9.53 Å². The predicted octanol–water partition coefficient (Wildman–Crippen LogP) is 0.571. The molecule has 0 spiro atoms. The van der Waals surface area contributed by atoms with Gasteiger partial charge in [-0.3, -0.25) is 0 Å². The van der Waals surface area contributed by atoms with Gasteiger partial charge in [-0.05, 0) is 19.4 Å². The maximum absolute atomic E-state index is 11.0. The van der Waals surface area contributed by atoms with Crippen LogP contribution < -0.4 is 4.65 Å². The van der Waals surface area contributed by atoms with Gasteiger partial charge in [-0.2, -0.15) is 0 Å². The first-order valence-electron chi connectivity index (χ1n) is 4.90. The van der Waals surface area contributed by atoms with Gasteiger partial charge in [0.15, 0.2) is 0 Å². The Morgan fingerprint density at radius 2 is 2.14 bits per heavy atom. The van der Waals surface area contributed by atoms with Gasteiger partial charge in [0.2, 0.25) is 0 Å². The van der Waals surface area contributed by atoms with Crippen molar-refractivity contribution in [2.45, 2.75) is 32.5 Å². The van der Waals surface area contributed by atoms with Crippen molar-refractivity contribution in [2.24, 2.45) is 0 Å². The number of esters is 1. The molecule has 0 aliphatic carbocycles. The Labute approximate surface area is 90.5 Å². The van der Waals surface area contributed by atoms with Crippen LogP contribution in [-0.4, -0.2) is 31.2 Å². The summed E-state index contributed by atoms with van der Waals surface area (Å²) in [5.41, 5.74) is 0.475. The lowest BCUT2D eigenvalue weighted by atomic mass is 10.4. The Balaban J connectivity index is 3.57. The van der Waals surface area contributed by atoms with E-state index in [9.17, 15) is 4.79 Å². The van der Waals surface area contributed by atoms with Crippen LogP contribution in [0.1, 0.15) is 13.3 Å². The molecule has 0 aliphatic rings. The van der Waals surface area contributed by atoms with E-state index in [1.807, 2.05) is 0 Å². The number of ether oxygens (including phenoxy) is 1. The summed E-state index contributed by atoms with van der Waals surface area (Å²) in [6, 6.07) is 1.15. The Kier molecular flexibility index (Phi) is 5.98. The number of carbonyl (C=O) groups excluding carboxylic acids is 1. The fourth-order valence-electron chi connectivity index (χ4n) is 0.927. The third kappa shape index (κ3) is 6.12. The van der Waals surface area contributed by atoms with Crippen LogP contribution in [0.4, 0.5) is 0 Å². The molecule has 0 unspecified atom stereocenters. The maximum atomic E-state index is 11.0. The van der Waals surface area contributed by atoms with Crippen molar-refractivity contribution in [3.8, 4) is 0 Å². The monoisotopic (exact) mass is 231 g/mol. The number of rotatable bonds is 6. The zero-order valence-electron chi connectivity index (χ0n) is 9.64. The zero-order chi connectivity index (χ0) is 11.2. The smallest absolute Gasteiger partial charge is 0.333 e. The van der Waals surface area contributed by atoms with Crippen molar-refractivity contribution in [1.82, 2.24) is 4.65 Å². The third-order valence-electron chi connectivity index (χ3n) is 2.20. The van der Waals surface area contributed by atoms with Crippen molar-refractivity contribution < 1.29 is 9.53 Å². The fourth-order valence-corrected chi connectivity index (χ4v) is 2.96. The van der Waals surface area contributed by atoms with Crippen molar-refractivity contribution in [1.29, 1.82) is 0 Å². The van der Waals surface area contributed by atoms with Gasteiger partial charge in [-0.25, -0.2) is 4.79 Å². The molecule has 0 radical (unpaired) electrons. The lowest BCUT2D eigenvalue weighted by Crippen LogP contribution is -2.42. The molecule has 0 aliphatic heterocycles. The minimum Gasteiger partial charge on any atom is -0.462 e. The van der Waals surface area contributed by atoms with Crippen LogP contribution >= 0.6 is 0 Å². The van der Waals surface area contributed by atoms with Crippen LogP contribution in [0.25, 0.3) is 0 Å². The van der Waals surface area contributed by atoms with Crippen LogP contribution in [0.2, 0.25) is 19.1 Å². The number of carbonyl (C=O) groups is 1. The molecule has 14 heavy (non-hydrogen) atoms. The first-order chi connectivity index (χ1) is 6.39. The standard InChI is InChI=1S/C9H21NO2Si2/c1-8(2)9(11)12-6-5-7-14(3,4)10-13/h10H,1,5-7H2,2-4,13H3. The normalized spacial score (nSPS) is 11.4. The van der Waals surface area contributed by atoms with Gasteiger partial charge >= 0.3 is 5.97 Å². The summed E-state index contributed by atoms with van der Waals surface area (Å²) < 4.78 is 8.48. The Morgan fingerprint density at radius 1 is 1.57 bits per heavy atom. The van der Waals surface area contributed by atoms with E-state index >= 15 is 0 Å². The van der Waals surface area contributed by atoms with E-state index in [2.05, 4.69) is 24.3 Å². The highest BCUT2D eigenvalue weighted by molar-refractivity contribution is 6.78. The number of hydrogen-bond acceptors (Lipinski definition) is 3. The maximum Gasteiger partial charge on any atom is 0.333 e. The molecule has 1 N–H and O–H groups in total. The SMILES string of the molecule is C=C(C)C(=O)OCCC[Si](C)(C)N[SiH3]. The molecule has 0 aromatic carbocycles. The minimum atomic E-state index is -1.18. The largest absolute Gasteiger partial charge is 0.462 e. The van der Waals surface area contributed by atoms with Gasteiger partial charge in [0.25, 0.3) is 0 Å². The highest BCUT2D eigenvalue weighted by Gasteiger charge is 2.17. The minimum absolute atomic E-state index is 0.275. The highest BCUT2D eigenvalue weighted by atomic mass is 28.4. The summed E-state index contributed by atoms with van der Waals surface area (Å²) in [4.78, 5) is 11.0. The molecule has 0 bridgehead atoms. The molecule has 5 heteroatoms. The molecule has 0 rings (SSSR count). The van der Waals surface area contributed by atoms with E-state index < -0.39 is 8.24 Å². The third-order valence-corrected chi connectivity index (χ3v) is 9.22. The van der Waals surface area contributed by atoms with Crippen molar-refractivity contribution in [2.75, 3.05) is 6.61 Å². The van der Waals surface area contributed by atoms with Crippen LogP contribution in [0.3, 0.4) is 0 Å². The van der Waals surface area contributed by atoms with Crippen molar-refractivity contribution in [3.05, 3.63) is 12.2 Å². The molecule has 0 fully saturated rings. The Morgan fingerprint density at radius 3 is 2.57 bits per heavy atom. The molecular weight excluding hydrogens is 210 g/mol. The second-order valence-electron chi connectivity index (χ2n) is 4.15. The lowest BCUT2D eigenvalue weighted by Gasteiger charge is -2.20. The highest BCUT2D eigenvalue weighted by Crippen LogP contribution is 2.07. The molecule has 0 aromatic rings. The molecule has 0 atom stereocenters. The molecule has 0 saturated heterocycles. The first-order valence-corrected chi connectivity index (χ1v) is 9.11. The molecule has 82 valence electrons. The van der Waals surface area contributed by atoms with Gasteiger partial charge in [0, 0.05) is 5.57 Å². The zero-order valence-corrected chi connectivity index (χ0v) is 12.6. The molecular formula is C9H21NO2Si2. The Hall–Kier alpha value is -0.396. The summed E-state index contributed by atoms with van der Waals surface area (Å²) in [5, 5.41) is 0. The number of nitrogens with one attached hydrogen (secondary N) is 1. The second-order valence-corrected chi connectivity index (χ2v) is 10.4. The Bertz CT molecular complexity index is 217. The molecule has 0 amide bonds. The summed E-state index contributed by atoms with van der Waals surface area (Å²) in [6.45, 7) is 10.3. The van der Waals surface area contributed by atoms with E-state index in [0.717, 1.165) is 22.9 Å². The summed E-state index contributed by atoms with van der Waals surface area (Å²) in [6.07, 6.45) is 0.952. The fraction of sp³-hybridized carbons (Fsp3) is 0.667. The second kappa shape index (κ2) is 6.16. The summed E-state index contributed by atoms with van der Waals surface area (Å²) in [7, 11) is -0.129. The van der Waals surface area contributed by atoms with Crippen molar-refractivity contribution in [3.63, 3.8) is 0 Å². The van der Waals surface area contributed by atoms with Gasteiger partial charge in [0.05, 0.1) is 17.0 Å². The summed E-state index contributed by atoms with van der Waals surface area (Å²) >= 11 is 0. The van der Waals surface area contributed by atoms with E-state index in [0.29, 0.717) is 12.2 Å².